The van der Waals surface area contributed by atoms with E-state index >= 15 is 0 Å². The Morgan fingerprint density at radius 2 is 0.755 bits per heavy atom. The normalized spacial score (nSPS) is 12.6. The van der Waals surface area contributed by atoms with E-state index in [0.29, 0.717) is 19.3 Å². The average Bonchev–Trinajstić information content (AvgIpc) is 3.15. The second-order valence-corrected chi connectivity index (χ2v) is 14.3. The van der Waals surface area contributed by atoms with E-state index < -0.39 is 6.10 Å². The van der Waals surface area contributed by atoms with E-state index in [-0.39, 0.29) is 31.1 Å². The standard InChI is InChI=1S/C47H80O6/c1-4-7-10-13-16-19-22-23-26-28-31-34-37-40-46(49)52-43-44(53-47(50)41-38-35-32-29-25-21-18-15-12-9-6-3)42-51-45(48)39-36-33-30-27-24-20-17-14-11-8-5-2/h7,10,13-19,22,44H,4-6,8-9,11-12,20-21,23-43H2,1-3H3/b10-7-,16-13-,17-14-,18-15-,22-19-. The van der Waals surface area contributed by atoms with Crippen LogP contribution in [-0.2, 0) is 28.6 Å². The van der Waals surface area contributed by atoms with Crippen molar-refractivity contribution in [1.82, 2.24) is 0 Å². The molecule has 0 rings (SSSR count). The maximum atomic E-state index is 12.7. The lowest BCUT2D eigenvalue weighted by Crippen LogP contribution is -2.30. The van der Waals surface area contributed by atoms with Gasteiger partial charge >= 0.3 is 17.9 Å². The average molecular weight is 741 g/mol. The van der Waals surface area contributed by atoms with Gasteiger partial charge in [0, 0.05) is 19.3 Å². The van der Waals surface area contributed by atoms with Gasteiger partial charge in [-0.15, -0.1) is 0 Å². The minimum atomic E-state index is -0.786. The third kappa shape index (κ3) is 40.1. The van der Waals surface area contributed by atoms with Crippen LogP contribution in [0.4, 0.5) is 0 Å². The van der Waals surface area contributed by atoms with Crippen molar-refractivity contribution in [2.45, 2.75) is 207 Å². The fourth-order valence-electron chi connectivity index (χ4n) is 5.70. The molecule has 0 aliphatic heterocycles. The van der Waals surface area contributed by atoms with E-state index in [0.717, 1.165) is 103 Å². The van der Waals surface area contributed by atoms with Gasteiger partial charge in [-0.3, -0.25) is 14.4 Å². The monoisotopic (exact) mass is 741 g/mol. The molecule has 0 saturated carbocycles. The van der Waals surface area contributed by atoms with Crippen LogP contribution in [0.25, 0.3) is 0 Å². The van der Waals surface area contributed by atoms with E-state index in [1.54, 1.807) is 0 Å². The largest absolute Gasteiger partial charge is 0.462 e. The molecule has 6 nitrogen and oxygen atoms in total. The van der Waals surface area contributed by atoms with Crippen LogP contribution in [0, 0.1) is 0 Å². The molecule has 0 spiro atoms. The Kier molecular flexibility index (Phi) is 39.6. The summed E-state index contributed by atoms with van der Waals surface area (Å²) in [4.78, 5) is 37.6. The SMILES string of the molecule is CC\C=C/C=C\C=C/CCCCCCCC(=O)OCC(COC(=O)CCCCCCC/C=C\CCCC)OC(=O)CCCCCCC/C=C\CCCC. The smallest absolute Gasteiger partial charge is 0.306 e. The molecule has 0 heterocycles. The lowest BCUT2D eigenvalue weighted by Gasteiger charge is -2.18. The van der Waals surface area contributed by atoms with Crippen LogP contribution in [0.2, 0.25) is 0 Å². The molecule has 0 aliphatic carbocycles. The van der Waals surface area contributed by atoms with E-state index in [1.165, 1.54) is 57.8 Å². The van der Waals surface area contributed by atoms with Crippen molar-refractivity contribution in [3.05, 3.63) is 60.8 Å². The Morgan fingerprint density at radius 3 is 1.19 bits per heavy atom. The van der Waals surface area contributed by atoms with Gasteiger partial charge in [0.05, 0.1) is 0 Å². The fourth-order valence-corrected chi connectivity index (χ4v) is 5.70. The molecule has 0 N–H and O–H groups in total. The molecule has 0 fully saturated rings. The third-order valence-corrected chi connectivity index (χ3v) is 9.04. The van der Waals surface area contributed by atoms with Crippen molar-refractivity contribution in [3.63, 3.8) is 0 Å². The number of hydrogen-bond donors (Lipinski definition) is 0. The van der Waals surface area contributed by atoms with Gasteiger partial charge in [0.25, 0.3) is 0 Å². The minimum absolute atomic E-state index is 0.0896. The first-order chi connectivity index (χ1) is 26.0. The van der Waals surface area contributed by atoms with Crippen LogP contribution >= 0.6 is 0 Å². The van der Waals surface area contributed by atoms with Crippen LogP contribution in [-0.4, -0.2) is 37.2 Å². The van der Waals surface area contributed by atoms with Crippen LogP contribution < -0.4 is 0 Å². The summed E-state index contributed by atoms with van der Waals surface area (Å²) >= 11 is 0. The van der Waals surface area contributed by atoms with E-state index in [4.69, 9.17) is 14.2 Å². The summed E-state index contributed by atoms with van der Waals surface area (Å²) in [7, 11) is 0. The number of carbonyl (C=O) groups excluding carboxylic acids is 3. The maximum absolute atomic E-state index is 12.7. The van der Waals surface area contributed by atoms with Crippen LogP contribution in [0.3, 0.4) is 0 Å². The van der Waals surface area contributed by atoms with Gasteiger partial charge in [0.2, 0.25) is 0 Å². The number of rotatable bonds is 38. The molecule has 0 aromatic carbocycles. The summed E-state index contributed by atoms with van der Waals surface area (Å²) in [6.07, 6.45) is 49.1. The van der Waals surface area contributed by atoms with Crippen LogP contribution in [0.5, 0.6) is 0 Å². The zero-order valence-electron chi connectivity index (χ0n) is 34.5. The Labute approximate surface area is 326 Å². The van der Waals surface area contributed by atoms with Crippen molar-refractivity contribution >= 4 is 17.9 Å². The highest BCUT2D eigenvalue weighted by Crippen LogP contribution is 2.13. The molecule has 0 saturated heterocycles. The van der Waals surface area contributed by atoms with Gasteiger partial charge in [0.15, 0.2) is 6.10 Å². The van der Waals surface area contributed by atoms with Gasteiger partial charge in [-0.05, 0) is 77.0 Å². The van der Waals surface area contributed by atoms with Gasteiger partial charge < -0.3 is 14.2 Å². The number of carbonyl (C=O) groups is 3. The van der Waals surface area contributed by atoms with Crippen LogP contribution in [0.1, 0.15) is 201 Å². The Morgan fingerprint density at radius 1 is 0.396 bits per heavy atom. The summed E-state index contributed by atoms with van der Waals surface area (Å²) in [6.45, 7) is 6.37. The molecule has 0 aliphatic rings. The van der Waals surface area contributed by atoms with Gasteiger partial charge in [-0.2, -0.15) is 0 Å². The fraction of sp³-hybridized carbons (Fsp3) is 0.723. The number of allylic oxidation sites excluding steroid dienone is 10. The first-order valence-corrected chi connectivity index (χ1v) is 21.8. The van der Waals surface area contributed by atoms with E-state index in [1.807, 2.05) is 0 Å². The zero-order valence-corrected chi connectivity index (χ0v) is 34.5. The molecule has 0 radical (unpaired) electrons. The molecule has 1 unspecified atom stereocenters. The first kappa shape index (κ1) is 50.1. The summed E-state index contributed by atoms with van der Waals surface area (Å²) in [6, 6.07) is 0. The third-order valence-electron chi connectivity index (χ3n) is 9.04. The number of unbranched alkanes of at least 4 members (excludes halogenated alkanes) is 19. The number of ether oxygens (including phenoxy) is 3. The van der Waals surface area contributed by atoms with Crippen molar-refractivity contribution in [3.8, 4) is 0 Å². The molecular formula is C47H80O6. The number of hydrogen-bond acceptors (Lipinski definition) is 6. The van der Waals surface area contributed by atoms with Crippen molar-refractivity contribution in [2.75, 3.05) is 13.2 Å². The lowest BCUT2D eigenvalue weighted by atomic mass is 10.1. The Balaban J connectivity index is 4.44. The molecule has 6 heteroatoms. The molecule has 53 heavy (non-hydrogen) atoms. The topological polar surface area (TPSA) is 78.9 Å². The zero-order chi connectivity index (χ0) is 38.7. The molecule has 1 atom stereocenters. The van der Waals surface area contributed by atoms with Gasteiger partial charge in [-0.25, -0.2) is 0 Å². The minimum Gasteiger partial charge on any atom is -0.462 e. The highest BCUT2D eigenvalue weighted by atomic mass is 16.6. The van der Waals surface area contributed by atoms with Crippen LogP contribution in [0.15, 0.2) is 60.8 Å². The first-order valence-electron chi connectivity index (χ1n) is 21.8. The Hall–Kier alpha value is -2.89. The van der Waals surface area contributed by atoms with Crippen molar-refractivity contribution in [1.29, 1.82) is 0 Å². The molecule has 0 bridgehead atoms. The summed E-state index contributed by atoms with van der Waals surface area (Å²) < 4.78 is 16.6. The molecular weight excluding hydrogens is 661 g/mol. The lowest BCUT2D eigenvalue weighted by molar-refractivity contribution is -0.167. The second-order valence-electron chi connectivity index (χ2n) is 14.3. The predicted molar refractivity (Wildman–Crippen MR) is 224 cm³/mol. The van der Waals surface area contributed by atoms with Gasteiger partial charge in [0.1, 0.15) is 13.2 Å². The number of esters is 3. The summed E-state index contributed by atoms with van der Waals surface area (Å²) in [5.41, 5.74) is 0. The van der Waals surface area contributed by atoms with E-state index in [9.17, 15) is 14.4 Å². The van der Waals surface area contributed by atoms with Gasteiger partial charge in [-0.1, -0.05) is 165 Å². The predicted octanol–water partition coefficient (Wildman–Crippen LogP) is 13.7. The van der Waals surface area contributed by atoms with E-state index in [2.05, 4.69) is 81.5 Å². The summed E-state index contributed by atoms with van der Waals surface area (Å²) in [5.74, 6) is -0.936. The highest BCUT2D eigenvalue weighted by Gasteiger charge is 2.19. The molecule has 0 aromatic rings. The Bertz CT molecular complexity index is 991. The molecule has 0 amide bonds. The van der Waals surface area contributed by atoms with Crippen molar-refractivity contribution in [2.24, 2.45) is 0 Å². The maximum Gasteiger partial charge on any atom is 0.306 e. The molecule has 0 aromatic heterocycles. The summed E-state index contributed by atoms with van der Waals surface area (Å²) in [5, 5.41) is 0. The second kappa shape index (κ2) is 41.9. The van der Waals surface area contributed by atoms with Crippen molar-refractivity contribution < 1.29 is 28.6 Å². The highest BCUT2D eigenvalue weighted by molar-refractivity contribution is 5.71. The molecule has 304 valence electrons. The quantitative estimate of drug-likeness (QED) is 0.0206.